The van der Waals surface area contributed by atoms with E-state index in [4.69, 9.17) is 0 Å². The van der Waals surface area contributed by atoms with Gasteiger partial charge in [-0.05, 0) is 104 Å². The number of allylic oxidation sites excluding steroid dienone is 2. The highest BCUT2D eigenvalue weighted by atomic mass is 14.5. The first-order valence-corrected chi connectivity index (χ1v) is 15.1. The highest BCUT2D eigenvalue weighted by molar-refractivity contribution is 5.15. The summed E-state index contributed by atoms with van der Waals surface area (Å²) >= 11 is 0. The van der Waals surface area contributed by atoms with Gasteiger partial charge in [0.2, 0.25) is 0 Å². The molecule has 0 saturated heterocycles. The molecule has 0 aromatic rings. The molecule has 0 heterocycles. The summed E-state index contributed by atoms with van der Waals surface area (Å²) in [4.78, 5) is 0. The zero-order chi connectivity index (χ0) is 23.3. The highest BCUT2D eigenvalue weighted by Crippen LogP contribution is 2.54. The van der Waals surface area contributed by atoms with Crippen molar-refractivity contribution in [3.05, 3.63) is 11.6 Å². The van der Waals surface area contributed by atoms with Crippen molar-refractivity contribution in [2.24, 2.45) is 59.2 Å². The van der Waals surface area contributed by atoms with Crippen molar-refractivity contribution in [2.45, 2.75) is 132 Å². The van der Waals surface area contributed by atoms with Crippen LogP contribution in [0.4, 0.5) is 0 Å². The van der Waals surface area contributed by atoms with Crippen LogP contribution in [0.3, 0.4) is 0 Å². The third-order valence-corrected chi connectivity index (χ3v) is 10.9. The van der Waals surface area contributed by atoms with Crippen molar-refractivity contribution in [1.82, 2.24) is 0 Å². The predicted octanol–water partition coefficient (Wildman–Crippen LogP) is 10.3. The van der Waals surface area contributed by atoms with E-state index in [9.17, 15) is 0 Å². The summed E-state index contributed by atoms with van der Waals surface area (Å²) in [5.74, 6) is 9.59. The normalized spacial score (nSPS) is 38.1. The fourth-order valence-corrected chi connectivity index (χ4v) is 8.76. The minimum atomic E-state index is 0.829. The molecule has 0 amide bonds. The van der Waals surface area contributed by atoms with Crippen LogP contribution in [0.2, 0.25) is 0 Å². The summed E-state index contributed by atoms with van der Waals surface area (Å²) in [6, 6.07) is 0. The molecular weight excluding hydrogens is 384 g/mol. The summed E-state index contributed by atoms with van der Waals surface area (Å²) in [6.45, 7) is 17.5. The molecule has 10 atom stereocenters. The van der Waals surface area contributed by atoms with Crippen molar-refractivity contribution in [2.75, 3.05) is 0 Å². The van der Waals surface area contributed by atoms with E-state index in [-0.39, 0.29) is 0 Å². The van der Waals surface area contributed by atoms with E-state index in [0.29, 0.717) is 0 Å². The van der Waals surface area contributed by atoms with Crippen molar-refractivity contribution in [3.8, 4) is 0 Å². The molecule has 8 unspecified atom stereocenters. The monoisotopic (exact) mass is 442 g/mol. The first kappa shape index (κ1) is 26.3. The Kier molecular flexibility index (Phi) is 10.2. The molecule has 0 N–H and O–H groups in total. The minimum absolute atomic E-state index is 0.829. The highest BCUT2D eigenvalue weighted by Gasteiger charge is 2.45. The SMILES string of the molecule is CCCCCC(C)C1=CC[C@H]2C(CC)CC(C[C@@H](CC)C(C)C3CCC(C)CC3C)C2C1. The van der Waals surface area contributed by atoms with Gasteiger partial charge in [-0.25, -0.2) is 0 Å². The molecule has 0 heteroatoms. The van der Waals surface area contributed by atoms with Crippen molar-refractivity contribution < 1.29 is 0 Å². The molecule has 0 nitrogen and oxygen atoms in total. The predicted molar refractivity (Wildman–Crippen MR) is 143 cm³/mol. The lowest BCUT2D eigenvalue weighted by atomic mass is 9.64. The van der Waals surface area contributed by atoms with E-state index in [0.717, 1.165) is 59.2 Å². The van der Waals surface area contributed by atoms with E-state index in [1.807, 2.05) is 5.57 Å². The lowest BCUT2D eigenvalue weighted by molar-refractivity contribution is 0.0932. The van der Waals surface area contributed by atoms with Gasteiger partial charge in [-0.3, -0.25) is 0 Å². The maximum atomic E-state index is 2.72. The van der Waals surface area contributed by atoms with Crippen LogP contribution in [0.25, 0.3) is 0 Å². The third kappa shape index (κ3) is 6.24. The van der Waals surface area contributed by atoms with Crippen LogP contribution in [0.15, 0.2) is 11.6 Å². The van der Waals surface area contributed by atoms with E-state index in [2.05, 4.69) is 54.5 Å². The molecule has 32 heavy (non-hydrogen) atoms. The molecule has 3 aliphatic rings. The first-order valence-electron chi connectivity index (χ1n) is 15.1. The summed E-state index contributed by atoms with van der Waals surface area (Å²) in [6.07, 6.45) is 21.5. The van der Waals surface area contributed by atoms with Crippen LogP contribution >= 0.6 is 0 Å². The first-order chi connectivity index (χ1) is 15.4. The van der Waals surface area contributed by atoms with Crippen LogP contribution in [-0.2, 0) is 0 Å². The van der Waals surface area contributed by atoms with Crippen molar-refractivity contribution >= 4 is 0 Å². The summed E-state index contributed by atoms with van der Waals surface area (Å²) in [7, 11) is 0. The number of hydrogen-bond acceptors (Lipinski definition) is 0. The van der Waals surface area contributed by atoms with Gasteiger partial charge in [0.15, 0.2) is 0 Å². The summed E-state index contributed by atoms with van der Waals surface area (Å²) < 4.78 is 0. The number of rotatable bonds is 11. The zero-order valence-electron chi connectivity index (χ0n) is 23.0. The minimum Gasteiger partial charge on any atom is -0.0848 e. The molecule has 2 saturated carbocycles. The second kappa shape index (κ2) is 12.4. The van der Waals surface area contributed by atoms with Gasteiger partial charge in [-0.1, -0.05) is 98.6 Å². The van der Waals surface area contributed by atoms with Crippen molar-refractivity contribution in [3.63, 3.8) is 0 Å². The molecule has 0 spiro atoms. The van der Waals surface area contributed by atoms with E-state index in [1.165, 1.54) is 83.5 Å². The largest absolute Gasteiger partial charge is 0.0848 e. The van der Waals surface area contributed by atoms with Crippen LogP contribution in [0, 0.1) is 59.2 Å². The Bertz CT molecular complexity index is 573. The third-order valence-electron chi connectivity index (χ3n) is 10.9. The Morgan fingerprint density at radius 3 is 2.38 bits per heavy atom. The van der Waals surface area contributed by atoms with Gasteiger partial charge in [0.05, 0.1) is 0 Å². The molecule has 3 rings (SSSR count). The van der Waals surface area contributed by atoms with Gasteiger partial charge in [0.1, 0.15) is 0 Å². The molecule has 2 fully saturated rings. The molecule has 0 bridgehead atoms. The fraction of sp³-hybridized carbons (Fsp3) is 0.938. The van der Waals surface area contributed by atoms with E-state index in [1.54, 1.807) is 0 Å². The Hall–Kier alpha value is -0.260. The molecule has 0 aromatic heterocycles. The summed E-state index contributed by atoms with van der Waals surface area (Å²) in [5, 5.41) is 0. The Balaban J connectivity index is 1.65. The van der Waals surface area contributed by atoms with Crippen LogP contribution < -0.4 is 0 Å². The fourth-order valence-electron chi connectivity index (χ4n) is 8.76. The zero-order valence-corrected chi connectivity index (χ0v) is 23.0. The Morgan fingerprint density at radius 2 is 1.72 bits per heavy atom. The van der Waals surface area contributed by atoms with Crippen LogP contribution in [0.5, 0.6) is 0 Å². The van der Waals surface area contributed by atoms with Gasteiger partial charge in [0, 0.05) is 0 Å². The average Bonchev–Trinajstić information content (AvgIpc) is 3.14. The molecular formula is C32H58. The van der Waals surface area contributed by atoms with Gasteiger partial charge in [0.25, 0.3) is 0 Å². The topological polar surface area (TPSA) is 0 Å². The second-order valence-electron chi connectivity index (χ2n) is 12.9. The van der Waals surface area contributed by atoms with Gasteiger partial charge in [-0.15, -0.1) is 0 Å². The molecule has 0 aromatic carbocycles. The smallest absolute Gasteiger partial charge is 0.0232 e. The van der Waals surface area contributed by atoms with Crippen LogP contribution in [-0.4, -0.2) is 0 Å². The van der Waals surface area contributed by atoms with Gasteiger partial charge >= 0.3 is 0 Å². The van der Waals surface area contributed by atoms with E-state index >= 15 is 0 Å². The molecule has 0 radical (unpaired) electrons. The standard InChI is InChI=1S/C32H58/c1-8-11-12-13-23(5)28-15-17-31-27(10-3)20-29(32(31)21-28)19-26(9-2)25(7)30-16-14-22(4)18-24(30)6/h15,22-27,29-32H,8-14,16-21H2,1-7H3/t22?,23?,24?,25?,26-,27?,29?,30?,31+,32?/m1/s1. The lowest BCUT2D eigenvalue weighted by Gasteiger charge is -2.41. The molecule has 0 aliphatic heterocycles. The van der Waals surface area contributed by atoms with Crippen LogP contribution in [0.1, 0.15) is 132 Å². The van der Waals surface area contributed by atoms with E-state index < -0.39 is 0 Å². The Morgan fingerprint density at radius 1 is 0.938 bits per heavy atom. The average molecular weight is 443 g/mol. The quantitative estimate of drug-likeness (QED) is 0.220. The second-order valence-corrected chi connectivity index (χ2v) is 12.9. The number of unbranched alkanes of at least 4 members (excludes halogenated alkanes) is 2. The number of hydrogen-bond donors (Lipinski definition) is 0. The van der Waals surface area contributed by atoms with Gasteiger partial charge in [-0.2, -0.15) is 0 Å². The van der Waals surface area contributed by atoms with Gasteiger partial charge < -0.3 is 0 Å². The van der Waals surface area contributed by atoms with Crippen molar-refractivity contribution in [1.29, 1.82) is 0 Å². The summed E-state index contributed by atoms with van der Waals surface area (Å²) in [5.41, 5.74) is 1.85. The lowest BCUT2D eigenvalue weighted by Crippen LogP contribution is -2.32. The maximum Gasteiger partial charge on any atom is -0.0232 e. The molecule has 186 valence electrons. The Labute approximate surface area is 202 Å². The molecule has 3 aliphatic carbocycles. The number of fused-ring (bicyclic) bond motifs is 1. The maximum absolute atomic E-state index is 2.72.